The molecule has 1 N–H and O–H groups in total. The van der Waals surface area contributed by atoms with E-state index in [0.29, 0.717) is 0 Å². The van der Waals surface area contributed by atoms with Crippen molar-refractivity contribution in [2.45, 2.75) is 19.9 Å². The van der Waals surface area contributed by atoms with E-state index >= 15 is 0 Å². The number of piperazine rings is 1. The first-order valence-electron chi connectivity index (χ1n) is 10.1. The lowest BCUT2D eigenvalue weighted by atomic mass is 9.94. The Morgan fingerprint density at radius 2 is 1.80 bits per heavy atom. The summed E-state index contributed by atoms with van der Waals surface area (Å²) in [6, 6.07) is 12.0. The zero-order valence-electron chi connectivity index (χ0n) is 17.4. The summed E-state index contributed by atoms with van der Waals surface area (Å²) in [5.74, 6) is -0.0410. The highest BCUT2D eigenvalue weighted by atomic mass is 35.5. The van der Waals surface area contributed by atoms with E-state index in [1.165, 1.54) is 32.9 Å². The van der Waals surface area contributed by atoms with E-state index in [0.717, 1.165) is 41.1 Å². The van der Waals surface area contributed by atoms with Crippen molar-refractivity contribution in [1.82, 2.24) is 9.80 Å². The molecule has 3 heterocycles. The number of likely N-dealkylation sites (N-methyl/N-ethyl adjacent to an activating group) is 1. The number of nitrogens with zero attached hydrogens (tertiary/aromatic N) is 2. The van der Waals surface area contributed by atoms with Crippen LogP contribution in [0.5, 0.6) is 0 Å². The standard InChI is InChI=1S/C23H26ClN3OS2/c1-15-16(2)30-23(25-22(28)19-5-4-14-29-19)20(15)21(17-6-8-18(24)9-7-17)27-12-10-26(3)11-13-27/h4-9,14,21H,10-13H2,1-3H3,(H,25,28). The minimum absolute atomic E-state index is 0.0410. The molecule has 1 saturated heterocycles. The van der Waals surface area contributed by atoms with Crippen molar-refractivity contribution in [3.63, 3.8) is 0 Å². The fourth-order valence-electron chi connectivity index (χ4n) is 3.92. The summed E-state index contributed by atoms with van der Waals surface area (Å²) < 4.78 is 0. The molecule has 2 aromatic heterocycles. The molecule has 7 heteroatoms. The van der Waals surface area contributed by atoms with Crippen molar-refractivity contribution in [1.29, 1.82) is 0 Å². The Morgan fingerprint density at radius 3 is 2.43 bits per heavy atom. The Kier molecular flexibility index (Phi) is 6.60. The largest absolute Gasteiger partial charge is 0.313 e. The lowest BCUT2D eigenvalue weighted by Crippen LogP contribution is -2.46. The molecule has 1 aliphatic rings. The van der Waals surface area contributed by atoms with Gasteiger partial charge in [0, 0.05) is 41.6 Å². The average Bonchev–Trinajstić information content (AvgIpc) is 3.36. The number of hydrogen-bond acceptors (Lipinski definition) is 5. The van der Waals surface area contributed by atoms with Gasteiger partial charge in [0.05, 0.1) is 10.9 Å². The molecular formula is C23H26ClN3OS2. The van der Waals surface area contributed by atoms with Crippen LogP contribution < -0.4 is 5.32 Å². The van der Waals surface area contributed by atoms with Crippen LogP contribution in [0.1, 0.15) is 37.3 Å². The minimum atomic E-state index is -0.0410. The highest BCUT2D eigenvalue weighted by Crippen LogP contribution is 2.42. The highest BCUT2D eigenvalue weighted by molar-refractivity contribution is 7.17. The van der Waals surface area contributed by atoms with Gasteiger partial charge in [-0.15, -0.1) is 22.7 Å². The molecule has 158 valence electrons. The van der Waals surface area contributed by atoms with E-state index in [-0.39, 0.29) is 11.9 Å². The summed E-state index contributed by atoms with van der Waals surface area (Å²) in [4.78, 5) is 19.7. The van der Waals surface area contributed by atoms with Gasteiger partial charge in [-0.1, -0.05) is 29.8 Å². The van der Waals surface area contributed by atoms with Crippen molar-refractivity contribution in [2.24, 2.45) is 0 Å². The zero-order chi connectivity index (χ0) is 21.3. The maximum Gasteiger partial charge on any atom is 0.266 e. The number of hydrogen-bond donors (Lipinski definition) is 1. The molecule has 1 unspecified atom stereocenters. The predicted octanol–water partition coefficient (Wildman–Crippen LogP) is 5.67. The van der Waals surface area contributed by atoms with Crippen molar-refractivity contribution >= 4 is 45.2 Å². The quantitative estimate of drug-likeness (QED) is 0.534. The molecule has 4 rings (SSSR count). The average molecular weight is 460 g/mol. The molecule has 1 fully saturated rings. The minimum Gasteiger partial charge on any atom is -0.313 e. The second kappa shape index (κ2) is 9.20. The molecule has 0 aliphatic carbocycles. The molecule has 0 radical (unpaired) electrons. The topological polar surface area (TPSA) is 35.6 Å². The van der Waals surface area contributed by atoms with Gasteiger partial charge in [-0.2, -0.15) is 0 Å². The fraction of sp³-hybridized carbons (Fsp3) is 0.348. The smallest absolute Gasteiger partial charge is 0.266 e. The molecule has 1 aromatic carbocycles. The number of benzene rings is 1. The molecule has 1 amide bonds. The van der Waals surface area contributed by atoms with Gasteiger partial charge in [0.2, 0.25) is 0 Å². The number of carbonyl (C=O) groups excluding carboxylic acids is 1. The lowest BCUT2D eigenvalue weighted by molar-refractivity contribution is 0.103. The van der Waals surface area contributed by atoms with Crippen LogP contribution in [-0.4, -0.2) is 48.9 Å². The molecule has 0 spiro atoms. The molecule has 0 bridgehead atoms. The third-order valence-corrected chi connectivity index (χ3v) is 8.03. The summed E-state index contributed by atoms with van der Waals surface area (Å²) in [6.07, 6.45) is 0. The molecule has 1 aliphatic heterocycles. The number of rotatable bonds is 5. The van der Waals surface area contributed by atoms with E-state index in [1.54, 1.807) is 11.3 Å². The van der Waals surface area contributed by atoms with Gasteiger partial charge in [-0.25, -0.2) is 0 Å². The van der Waals surface area contributed by atoms with Crippen molar-refractivity contribution in [3.05, 3.63) is 73.2 Å². The van der Waals surface area contributed by atoms with Gasteiger partial charge in [0.1, 0.15) is 5.00 Å². The van der Waals surface area contributed by atoms with Gasteiger partial charge >= 0.3 is 0 Å². The van der Waals surface area contributed by atoms with E-state index in [4.69, 9.17) is 11.6 Å². The molecule has 0 saturated carbocycles. The number of anilines is 1. The van der Waals surface area contributed by atoms with Crippen LogP contribution in [-0.2, 0) is 0 Å². The van der Waals surface area contributed by atoms with Gasteiger partial charge in [-0.05, 0) is 55.6 Å². The Hall–Kier alpha value is -1.70. The first-order chi connectivity index (χ1) is 14.4. The normalized spacial score (nSPS) is 16.5. The lowest BCUT2D eigenvalue weighted by Gasteiger charge is -2.39. The zero-order valence-corrected chi connectivity index (χ0v) is 19.8. The third-order valence-electron chi connectivity index (χ3n) is 5.77. The molecule has 4 nitrogen and oxygen atoms in total. The molecule has 30 heavy (non-hydrogen) atoms. The van der Waals surface area contributed by atoms with E-state index in [1.807, 2.05) is 29.6 Å². The van der Waals surface area contributed by atoms with Gasteiger partial charge in [0.15, 0.2) is 0 Å². The number of halogens is 1. The first kappa shape index (κ1) is 21.5. The van der Waals surface area contributed by atoms with Crippen LogP contribution in [0.15, 0.2) is 41.8 Å². The number of amides is 1. The summed E-state index contributed by atoms with van der Waals surface area (Å²) in [6.45, 7) is 8.33. The summed E-state index contributed by atoms with van der Waals surface area (Å²) in [5.41, 5.74) is 3.66. The van der Waals surface area contributed by atoms with Crippen LogP contribution in [0, 0.1) is 13.8 Å². The molecule has 3 aromatic rings. The Bertz CT molecular complexity index is 1010. The van der Waals surface area contributed by atoms with Crippen LogP contribution in [0.4, 0.5) is 5.00 Å². The van der Waals surface area contributed by atoms with Crippen LogP contribution in [0.3, 0.4) is 0 Å². The highest BCUT2D eigenvalue weighted by Gasteiger charge is 2.31. The summed E-state index contributed by atoms with van der Waals surface area (Å²) in [7, 11) is 2.17. The maximum atomic E-state index is 12.8. The third kappa shape index (κ3) is 4.48. The SMILES string of the molecule is Cc1sc(NC(=O)c2cccs2)c(C(c2ccc(Cl)cc2)N2CCN(C)CC2)c1C. The second-order valence-electron chi connectivity index (χ2n) is 7.75. The van der Waals surface area contributed by atoms with Gasteiger partial charge < -0.3 is 10.2 Å². The van der Waals surface area contributed by atoms with E-state index in [9.17, 15) is 4.79 Å². The number of carbonyl (C=O) groups is 1. The van der Waals surface area contributed by atoms with Crippen LogP contribution in [0.25, 0.3) is 0 Å². The first-order valence-corrected chi connectivity index (χ1v) is 12.1. The van der Waals surface area contributed by atoms with E-state index < -0.39 is 0 Å². The maximum absolute atomic E-state index is 12.8. The predicted molar refractivity (Wildman–Crippen MR) is 128 cm³/mol. The van der Waals surface area contributed by atoms with Gasteiger partial charge in [-0.3, -0.25) is 9.69 Å². The van der Waals surface area contributed by atoms with Crippen LogP contribution in [0.2, 0.25) is 5.02 Å². The van der Waals surface area contributed by atoms with E-state index in [2.05, 4.69) is 48.1 Å². The number of aryl methyl sites for hydroxylation is 1. The van der Waals surface area contributed by atoms with Crippen molar-refractivity contribution in [3.8, 4) is 0 Å². The fourth-order valence-corrected chi connectivity index (χ4v) is 5.76. The van der Waals surface area contributed by atoms with Gasteiger partial charge in [0.25, 0.3) is 5.91 Å². The van der Waals surface area contributed by atoms with Crippen LogP contribution >= 0.6 is 34.3 Å². The van der Waals surface area contributed by atoms with Crippen molar-refractivity contribution < 1.29 is 4.79 Å². The van der Waals surface area contributed by atoms with Crippen molar-refractivity contribution in [2.75, 3.05) is 38.5 Å². The summed E-state index contributed by atoms with van der Waals surface area (Å²) >= 11 is 9.32. The Balaban J connectivity index is 1.76. The molecular weight excluding hydrogens is 434 g/mol. The summed E-state index contributed by atoms with van der Waals surface area (Å²) in [5, 5.41) is 6.83. The monoisotopic (exact) mass is 459 g/mol. The Morgan fingerprint density at radius 1 is 1.10 bits per heavy atom. The molecule has 1 atom stereocenters. The number of thiophene rings is 2. The number of nitrogens with one attached hydrogen (secondary N) is 1. The second-order valence-corrected chi connectivity index (χ2v) is 10.4. The Labute approximate surface area is 191 Å².